The third-order valence-electron chi connectivity index (χ3n) is 4.90. The summed E-state index contributed by atoms with van der Waals surface area (Å²) in [7, 11) is 0. The molecule has 0 radical (unpaired) electrons. The van der Waals surface area contributed by atoms with Crippen molar-refractivity contribution in [1.82, 2.24) is 15.0 Å². The summed E-state index contributed by atoms with van der Waals surface area (Å²) >= 11 is 0. The molecule has 2 heterocycles. The van der Waals surface area contributed by atoms with E-state index in [-0.39, 0.29) is 13.0 Å². The molecule has 2 aromatic carbocycles. The Kier molecular flexibility index (Phi) is 7.02. The number of rotatable bonds is 9. The zero-order valence-corrected chi connectivity index (χ0v) is 17.9. The van der Waals surface area contributed by atoms with Crippen LogP contribution in [0.2, 0.25) is 0 Å². The van der Waals surface area contributed by atoms with Gasteiger partial charge in [-0.15, -0.1) is 0 Å². The third-order valence-corrected chi connectivity index (χ3v) is 4.90. The number of hydrogen-bond acceptors (Lipinski definition) is 6. The highest BCUT2D eigenvalue weighted by molar-refractivity contribution is 5.77. The van der Waals surface area contributed by atoms with E-state index in [4.69, 9.17) is 4.74 Å². The number of carbonyl (C=O) groups is 1. The fraction of sp³-hybridized carbons (Fsp3) is 0.120. The minimum Gasteiger partial charge on any atom is -0.489 e. The van der Waals surface area contributed by atoms with E-state index in [9.17, 15) is 18.7 Å². The van der Waals surface area contributed by atoms with Crippen LogP contribution in [0.3, 0.4) is 0 Å². The molecular weight excluding hydrogens is 442 g/mol. The van der Waals surface area contributed by atoms with Crippen molar-refractivity contribution in [1.29, 1.82) is 0 Å². The van der Waals surface area contributed by atoms with Crippen LogP contribution < -0.4 is 10.1 Å². The Balaban J connectivity index is 1.43. The zero-order chi connectivity index (χ0) is 23.9. The SMILES string of the molecule is O=C(O)C(Cc1ccccn1)Nc1cc(-c2ccc(OCc3cc(F)cc(F)c3)cc2)ncn1. The first-order valence-electron chi connectivity index (χ1n) is 10.4. The van der Waals surface area contributed by atoms with Gasteiger partial charge in [0.25, 0.3) is 0 Å². The summed E-state index contributed by atoms with van der Waals surface area (Å²) in [6.07, 6.45) is 3.15. The monoisotopic (exact) mass is 462 g/mol. The molecule has 9 heteroatoms. The van der Waals surface area contributed by atoms with E-state index in [1.807, 2.05) is 0 Å². The maximum atomic E-state index is 13.3. The molecule has 0 bridgehead atoms. The summed E-state index contributed by atoms with van der Waals surface area (Å²) in [6.45, 7) is 0.0163. The van der Waals surface area contributed by atoms with Crippen molar-refractivity contribution in [2.24, 2.45) is 0 Å². The highest BCUT2D eigenvalue weighted by Gasteiger charge is 2.19. The maximum absolute atomic E-state index is 13.3. The van der Waals surface area contributed by atoms with Crippen molar-refractivity contribution < 1.29 is 23.4 Å². The number of hydrogen-bond donors (Lipinski definition) is 2. The van der Waals surface area contributed by atoms with Crippen molar-refractivity contribution in [3.8, 4) is 17.0 Å². The van der Waals surface area contributed by atoms with Crippen LogP contribution in [0.5, 0.6) is 5.75 Å². The second-order valence-electron chi connectivity index (χ2n) is 7.44. The number of halogens is 2. The van der Waals surface area contributed by atoms with E-state index in [0.29, 0.717) is 28.5 Å². The molecule has 2 aromatic heterocycles. The van der Waals surface area contributed by atoms with E-state index < -0.39 is 23.6 Å². The lowest BCUT2D eigenvalue weighted by Crippen LogP contribution is -2.32. The standard InChI is InChI=1S/C25H20F2N4O3/c26-18-9-16(10-19(27)11-18)14-34-21-6-4-17(5-7-21)22-13-24(30-15-29-22)31-23(25(32)33)12-20-3-1-2-8-28-20/h1-11,13,15,23H,12,14H2,(H,32,33)(H,29,30,31). The van der Waals surface area contributed by atoms with Crippen LogP contribution in [0.1, 0.15) is 11.3 Å². The minimum atomic E-state index is -1.02. The Labute approximate surface area is 194 Å². The number of nitrogens with zero attached hydrogens (tertiary/aromatic N) is 3. The van der Waals surface area contributed by atoms with Gasteiger partial charge in [0.05, 0.1) is 5.69 Å². The molecule has 7 nitrogen and oxygen atoms in total. The largest absolute Gasteiger partial charge is 0.489 e. The number of carboxylic acid groups (broad SMARTS) is 1. The number of aromatic nitrogens is 3. The molecule has 4 aromatic rings. The average molecular weight is 462 g/mol. The van der Waals surface area contributed by atoms with Gasteiger partial charge in [0.15, 0.2) is 0 Å². The van der Waals surface area contributed by atoms with Gasteiger partial charge in [-0.05, 0) is 54.1 Å². The fourth-order valence-electron chi connectivity index (χ4n) is 3.28. The van der Waals surface area contributed by atoms with Crippen molar-refractivity contribution in [2.75, 3.05) is 5.32 Å². The summed E-state index contributed by atoms with van der Waals surface area (Å²) in [5.41, 5.74) is 2.37. The smallest absolute Gasteiger partial charge is 0.326 e. The van der Waals surface area contributed by atoms with E-state index in [2.05, 4.69) is 20.3 Å². The molecule has 0 saturated carbocycles. The summed E-state index contributed by atoms with van der Waals surface area (Å²) in [5.74, 6) is -1.46. The number of anilines is 1. The number of nitrogens with one attached hydrogen (secondary N) is 1. The first-order chi connectivity index (χ1) is 16.5. The minimum absolute atomic E-state index is 0.0163. The fourth-order valence-corrected chi connectivity index (χ4v) is 3.28. The van der Waals surface area contributed by atoms with Gasteiger partial charge < -0.3 is 15.2 Å². The van der Waals surface area contributed by atoms with E-state index >= 15 is 0 Å². The van der Waals surface area contributed by atoms with Crippen LogP contribution in [0.25, 0.3) is 11.3 Å². The summed E-state index contributed by atoms with van der Waals surface area (Å²) in [5, 5.41) is 12.5. The molecule has 0 fully saturated rings. The van der Waals surface area contributed by atoms with E-state index in [0.717, 1.165) is 11.6 Å². The van der Waals surface area contributed by atoms with Crippen LogP contribution >= 0.6 is 0 Å². The molecule has 0 aliphatic heterocycles. The highest BCUT2D eigenvalue weighted by Crippen LogP contribution is 2.23. The normalized spacial score (nSPS) is 11.6. The lowest BCUT2D eigenvalue weighted by Gasteiger charge is -2.15. The summed E-state index contributed by atoms with van der Waals surface area (Å²) < 4.78 is 32.2. The number of pyridine rings is 1. The number of benzene rings is 2. The highest BCUT2D eigenvalue weighted by atomic mass is 19.1. The molecule has 0 aliphatic carbocycles. The molecule has 0 aliphatic rings. The predicted octanol–water partition coefficient (Wildman–Crippen LogP) is 4.50. The molecule has 1 atom stereocenters. The number of ether oxygens (including phenoxy) is 1. The van der Waals surface area contributed by atoms with Crippen LogP contribution in [-0.4, -0.2) is 32.1 Å². The van der Waals surface area contributed by atoms with Gasteiger partial charge in [-0.25, -0.2) is 23.5 Å². The van der Waals surface area contributed by atoms with Crippen LogP contribution in [0.4, 0.5) is 14.6 Å². The number of aliphatic carboxylic acids is 1. The second-order valence-corrected chi connectivity index (χ2v) is 7.44. The lowest BCUT2D eigenvalue weighted by molar-refractivity contribution is -0.137. The Hall–Kier alpha value is -4.40. The van der Waals surface area contributed by atoms with Crippen LogP contribution in [0.15, 0.2) is 79.3 Å². The summed E-state index contributed by atoms with van der Waals surface area (Å²) in [6, 6.07) is 16.3. The molecule has 2 N–H and O–H groups in total. The maximum Gasteiger partial charge on any atom is 0.326 e. The Morgan fingerprint density at radius 1 is 0.971 bits per heavy atom. The molecule has 172 valence electrons. The first-order valence-corrected chi connectivity index (χ1v) is 10.4. The van der Waals surface area contributed by atoms with Crippen molar-refractivity contribution >= 4 is 11.8 Å². The average Bonchev–Trinajstić information content (AvgIpc) is 2.83. The molecule has 1 unspecified atom stereocenters. The van der Waals surface area contributed by atoms with Gasteiger partial charge in [0, 0.05) is 36.0 Å². The van der Waals surface area contributed by atoms with Gasteiger partial charge in [0.2, 0.25) is 0 Å². The molecule has 0 spiro atoms. The molecule has 34 heavy (non-hydrogen) atoms. The first kappa shape index (κ1) is 22.8. The topological polar surface area (TPSA) is 97.2 Å². The molecule has 0 amide bonds. The second kappa shape index (κ2) is 10.5. The molecular formula is C25H20F2N4O3. The third kappa shape index (κ3) is 6.10. The van der Waals surface area contributed by atoms with Gasteiger partial charge in [-0.3, -0.25) is 4.98 Å². The van der Waals surface area contributed by atoms with Gasteiger partial charge in [-0.1, -0.05) is 6.07 Å². The zero-order valence-electron chi connectivity index (χ0n) is 17.9. The summed E-state index contributed by atoms with van der Waals surface area (Å²) in [4.78, 5) is 24.3. The van der Waals surface area contributed by atoms with Crippen molar-refractivity contribution in [3.63, 3.8) is 0 Å². The quantitative estimate of drug-likeness (QED) is 0.378. The van der Waals surface area contributed by atoms with Crippen LogP contribution in [0, 0.1) is 11.6 Å². The predicted molar refractivity (Wildman–Crippen MR) is 121 cm³/mol. The van der Waals surface area contributed by atoms with Gasteiger partial charge in [-0.2, -0.15) is 0 Å². The van der Waals surface area contributed by atoms with Crippen molar-refractivity contribution in [2.45, 2.75) is 19.1 Å². The Bertz CT molecular complexity index is 1250. The van der Waals surface area contributed by atoms with Crippen molar-refractivity contribution in [3.05, 3.63) is 102 Å². The van der Waals surface area contributed by atoms with Crippen LogP contribution in [-0.2, 0) is 17.8 Å². The molecule has 4 rings (SSSR count). The van der Waals surface area contributed by atoms with E-state index in [1.165, 1.54) is 18.5 Å². The van der Waals surface area contributed by atoms with Gasteiger partial charge in [0.1, 0.15) is 42.2 Å². The number of carboxylic acids is 1. The Morgan fingerprint density at radius 2 is 1.74 bits per heavy atom. The van der Waals surface area contributed by atoms with Gasteiger partial charge >= 0.3 is 5.97 Å². The lowest BCUT2D eigenvalue weighted by atomic mass is 10.1. The molecule has 0 saturated heterocycles. The van der Waals surface area contributed by atoms with E-state index in [1.54, 1.807) is 54.7 Å². The Morgan fingerprint density at radius 3 is 2.41 bits per heavy atom.